The molecule has 2 heterocycles. The number of rotatable bonds is 8. The summed E-state index contributed by atoms with van der Waals surface area (Å²) in [6.07, 6.45) is 2.35. The number of guanidine groups is 1. The second kappa shape index (κ2) is 11.9. The van der Waals surface area contributed by atoms with Crippen molar-refractivity contribution >= 4 is 41.3 Å². The molecule has 0 fully saturated rings. The van der Waals surface area contributed by atoms with E-state index < -0.39 is 0 Å². The average Bonchev–Trinajstić information content (AvgIpc) is 3.39. The van der Waals surface area contributed by atoms with Crippen LogP contribution >= 0.6 is 35.3 Å². The molecule has 5 nitrogen and oxygen atoms in total. The van der Waals surface area contributed by atoms with E-state index in [1.807, 2.05) is 6.92 Å². The molecule has 0 aliphatic carbocycles. The van der Waals surface area contributed by atoms with Gasteiger partial charge in [-0.2, -0.15) is 11.3 Å². The van der Waals surface area contributed by atoms with Crippen LogP contribution in [0, 0.1) is 5.82 Å². The molecule has 0 amide bonds. The smallest absolute Gasteiger partial charge is 0.226 e. The minimum Gasteiger partial charge on any atom is -0.444 e. The van der Waals surface area contributed by atoms with Crippen LogP contribution in [0.3, 0.4) is 0 Å². The molecule has 0 bridgehead atoms. The first-order chi connectivity index (χ1) is 13.7. The summed E-state index contributed by atoms with van der Waals surface area (Å²) in [6.45, 7) is 6.45. The fourth-order valence-electron chi connectivity index (χ4n) is 2.69. The van der Waals surface area contributed by atoms with Gasteiger partial charge in [0, 0.05) is 37.5 Å². The van der Waals surface area contributed by atoms with E-state index in [0.717, 1.165) is 30.3 Å². The highest BCUT2D eigenvalue weighted by Crippen LogP contribution is 2.19. The van der Waals surface area contributed by atoms with E-state index in [-0.39, 0.29) is 29.8 Å². The first kappa shape index (κ1) is 23.3. The molecule has 8 heteroatoms. The highest BCUT2D eigenvalue weighted by atomic mass is 127. The highest BCUT2D eigenvalue weighted by molar-refractivity contribution is 14.0. The summed E-state index contributed by atoms with van der Waals surface area (Å²) in [5, 5.41) is 10.9. The molecule has 0 aliphatic heterocycles. The van der Waals surface area contributed by atoms with E-state index in [0.29, 0.717) is 24.8 Å². The average molecular weight is 528 g/mol. The van der Waals surface area contributed by atoms with Crippen LogP contribution in [0.1, 0.15) is 31.0 Å². The lowest BCUT2D eigenvalue weighted by atomic mass is 10.1. The van der Waals surface area contributed by atoms with Gasteiger partial charge in [0.05, 0.1) is 5.69 Å². The van der Waals surface area contributed by atoms with E-state index in [2.05, 4.69) is 44.4 Å². The van der Waals surface area contributed by atoms with Crippen molar-refractivity contribution in [3.05, 3.63) is 64.4 Å². The molecule has 2 aromatic heterocycles. The molecule has 0 saturated carbocycles. The van der Waals surface area contributed by atoms with Crippen molar-refractivity contribution in [1.29, 1.82) is 0 Å². The van der Waals surface area contributed by atoms with Gasteiger partial charge in [0.15, 0.2) is 5.96 Å². The lowest BCUT2D eigenvalue weighted by Gasteiger charge is -2.12. The maximum Gasteiger partial charge on any atom is 0.226 e. The van der Waals surface area contributed by atoms with Crippen LogP contribution in [0.25, 0.3) is 11.5 Å². The number of benzene rings is 1. The lowest BCUT2D eigenvalue weighted by Crippen LogP contribution is -2.38. The van der Waals surface area contributed by atoms with E-state index in [1.165, 1.54) is 17.7 Å². The predicted molar refractivity (Wildman–Crippen MR) is 128 cm³/mol. The maximum atomic E-state index is 13.0. The SMILES string of the molecule is CCNC(=NCC(C)c1ccsc1)NCCc1coc(-c2ccc(F)cc2)n1.I. The minimum absolute atomic E-state index is 0. The van der Waals surface area contributed by atoms with Crippen molar-refractivity contribution in [1.82, 2.24) is 15.6 Å². The third-order valence-corrected chi connectivity index (χ3v) is 5.00. The molecule has 3 aromatic rings. The molecular formula is C21H26FIN4OS. The Labute approximate surface area is 191 Å². The van der Waals surface area contributed by atoms with E-state index in [1.54, 1.807) is 29.7 Å². The number of nitrogens with one attached hydrogen (secondary N) is 2. The number of oxazole rings is 1. The van der Waals surface area contributed by atoms with Gasteiger partial charge in [-0.05, 0) is 53.6 Å². The first-order valence-corrected chi connectivity index (χ1v) is 10.3. The third-order valence-electron chi connectivity index (χ3n) is 4.30. The van der Waals surface area contributed by atoms with Crippen molar-refractivity contribution in [3.8, 4) is 11.5 Å². The van der Waals surface area contributed by atoms with Crippen molar-refractivity contribution < 1.29 is 8.81 Å². The van der Waals surface area contributed by atoms with Crippen LogP contribution in [0.15, 0.2) is 56.8 Å². The Morgan fingerprint density at radius 2 is 2.03 bits per heavy atom. The Morgan fingerprint density at radius 3 is 2.72 bits per heavy atom. The number of hydrogen-bond acceptors (Lipinski definition) is 4. The molecule has 0 spiro atoms. The second-order valence-electron chi connectivity index (χ2n) is 6.51. The van der Waals surface area contributed by atoms with Crippen LogP contribution in [0.2, 0.25) is 0 Å². The molecule has 2 N–H and O–H groups in total. The van der Waals surface area contributed by atoms with E-state index in [4.69, 9.17) is 4.42 Å². The third kappa shape index (κ3) is 7.11. The molecule has 1 unspecified atom stereocenters. The monoisotopic (exact) mass is 528 g/mol. The maximum absolute atomic E-state index is 13.0. The van der Waals surface area contributed by atoms with Gasteiger partial charge in [-0.15, -0.1) is 24.0 Å². The van der Waals surface area contributed by atoms with Gasteiger partial charge in [-0.3, -0.25) is 4.99 Å². The Kier molecular flexibility index (Phi) is 9.59. The topological polar surface area (TPSA) is 62.5 Å². The van der Waals surface area contributed by atoms with E-state index >= 15 is 0 Å². The van der Waals surface area contributed by atoms with Crippen LogP contribution in [-0.2, 0) is 6.42 Å². The number of aliphatic imine (C=N–C) groups is 1. The molecule has 1 aromatic carbocycles. The van der Waals surface area contributed by atoms with Gasteiger partial charge in [0.25, 0.3) is 0 Å². The number of aromatic nitrogens is 1. The molecule has 3 rings (SSSR count). The van der Waals surface area contributed by atoms with Gasteiger partial charge < -0.3 is 15.1 Å². The summed E-state index contributed by atoms with van der Waals surface area (Å²) in [5.41, 5.74) is 2.92. The second-order valence-corrected chi connectivity index (χ2v) is 7.29. The van der Waals surface area contributed by atoms with Crippen LogP contribution in [0.5, 0.6) is 0 Å². The Morgan fingerprint density at radius 1 is 1.24 bits per heavy atom. The van der Waals surface area contributed by atoms with Gasteiger partial charge in [0.2, 0.25) is 5.89 Å². The standard InChI is InChI=1S/C21H25FN4OS.HI/c1-3-23-21(25-12-15(2)17-9-11-28-14-17)24-10-8-19-13-27-20(26-19)16-4-6-18(22)7-5-16;/h4-7,9,11,13-15H,3,8,10,12H2,1-2H3,(H2,23,24,25);1H. The number of thiophene rings is 1. The molecule has 0 radical (unpaired) electrons. The Hall–Kier alpha value is -1.94. The summed E-state index contributed by atoms with van der Waals surface area (Å²) in [6, 6.07) is 8.27. The number of halogens is 2. The minimum atomic E-state index is -0.275. The lowest BCUT2D eigenvalue weighted by molar-refractivity contribution is 0.571. The number of nitrogens with zero attached hydrogens (tertiary/aromatic N) is 2. The summed E-state index contributed by atoms with van der Waals surface area (Å²) < 4.78 is 18.5. The Bertz CT molecular complexity index is 880. The highest BCUT2D eigenvalue weighted by Gasteiger charge is 2.08. The van der Waals surface area contributed by atoms with Crippen LogP contribution < -0.4 is 10.6 Å². The van der Waals surface area contributed by atoms with E-state index in [9.17, 15) is 4.39 Å². The largest absolute Gasteiger partial charge is 0.444 e. The van der Waals surface area contributed by atoms with Crippen molar-refractivity contribution in [2.45, 2.75) is 26.2 Å². The van der Waals surface area contributed by atoms with Crippen LogP contribution in [-0.4, -0.2) is 30.6 Å². The van der Waals surface area contributed by atoms with Crippen LogP contribution in [0.4, 0.5) is 4.39 Å². The molecule has 0 aliphatic rings. The normalized spacial score (nSPS) is 12.3. The molecule has 1 atom stereocenters. The van der Waals surface area contributed by atoms with Crippen molar-refractivity contribution in [2.75, 3.05) is 19.6 Å². The molecule has 156 valence electrons. The molecule has 29 heavy (non-hydrogen) atoms. The number of hydrogen-bond donors (Lipinski definition) is 2. The van der Waals surface area contributed by atoms with Crippen molar-refractivity contribution in [3.63, 3.8) is 0 Å². The fraction of sp³-hybridized carbons (Fsp3) is 0.333. The quantitative estimate of drug-likeness (QED) is 0.244. The summed E-state index contributed by atoms with van der Waals surface area (Å²) in [7, 11) is 0. The zero-order chi connectivity index (χ0) is 19.8. The molecular weight excluding hydrogens is 502 g/mol. The van der Waals surface area contributed by atoms with Crippen molar-refractivity contribution in [2.24, 2.45) is 4.99 Å². The summed E-state index contributed by atoms with van der Waals surface area (Å²) in [4.78, 5) is 9.15. The zero-order valence-corrected chi connectivity index (χ0v) is 19.7. The summed E-state index contributed by atoms with van der Waals surface area (Å²) >= 11 is 1.71. The van der Waals surface area contributed by atoms with Gasteiger partial charge in [-0.25, -0.2) is 9.37 Å². The van der Waals surface area contributed by atoms with Gasteiger partial charge in [0.1, 0.15) is 12.1 Å². The summed E-state index contributed by atoms with van der Waals surface area (Å²) in [5.74, 6) is 1.41. The molecule has 0 saturated heterocycles. The van der Waals surface area contributed by atoms with Gasteiger partial charge >= 0.3 is 0 Å². The Balaban J connectivity index is 0.00000300. The first-order valence-electron chi connectivity index (χ1n) is 9.40. The van der Waals surface area contributed by atoms with Gasteiger partial charge in [-0.1, -0.05) is 6.92 Å². The fourth-order valence-corrected chi connectivity index (χ4v) is 3.47. The zero-order valence-electron chi connectivity index (χ0n) is 16.5. The predicted octanol–water partition coefficient (Wildman–Crippen LogP) is 5.06.